The summed E-state index contributed by atoms with van der Waals surface area (Å²) >= 11 is 0. The predicted octanol–water partition coefficient (Wildman–Crippen LogP) is 2.11. The lowest BCUT2D eigenvalue weighted by Crippen LogP contribution is -2.12. The maximum Gasteiger partial charge on any atom is 0.306 e. The topological polar surface area (TPSA) is 55.8 Å². The molecule has 2 rings (SSSR count). The zero-order valence-corrected chi connectivity index (χ0v) is 12.5. The van der Waals surface area contributed by atoms with E-state index in [1.54, 1.807) is 0 Å². The van der Waals surface area contributed by atoms with E-state index in [1.165, 1.54) is 0 Å². The fourth-order valence-corrected chi connectivity index (χ4v) is 2.57. The largest absolute Gasteiger partial charge is 0.462 e. The summed E-state index contributed by atoms with van der Waals surface area (Å²) in [6.07, 6.45) is 3.37. The Morgan fingerprint density at radius 2 is 1.74 bits per heavy atom. The summed E-state index contributed by atoms with van der Waals surface area (Å²) in [5.41, 5.74) is 0. The fraction of sp³-hybridized carbons (Fsp3) is 0.929. The van der Waals surface area contributed by atoms with Gasteiger partial charge in [0.15, 0.2) is 6.29 Å². The van der Waals surface area contributed by atoms with Gasteiger partial charge in [0.25, 0.3) is 0 Å². The summed E-state index contributed by atoms with van der Waals surface area (Å²) in [6.45, 7) is 8.29. The van der Waals surface area contributed by atoms with E-state index in [9.17, 15) is 4.79 Å². The monoisotopic (exact) mass is 269 g/mol. The Morgan fingerprint density at radius 3 is 1.95 bits per heavy atom. The first kappa shape index (κ1) is 18.5. The lowest BCUT2D eigenvalue weighted by atomic mass is 10.0. The second kappa shape index (κ2) is 8.59. The van der Waals surface area contributed by atoms with Crippen LogP contribution >= 0.6 is 0 Å². The molecule has 2 aliphatic rings. The fourth-order valence-electron chi connectivity index (χ4n) is 2.57. The van der Waals surface area contributed by atoms with Crippen LogP contribution in [0.4, 0.5) is 0 Å². The van der Waals surface area contributed by atoms with E-state index in [-0.39, 0.29) is 20.5 Å². The summed E-state index contributed by atoms with van der Waals surface area (Å²) in [6, 6.07) is 0. The number of carbonyl (C=O) groups is 1. The van der Waals surface area contributed by atoms with Crippen molar-refractivity contribution in [2.24, 2.45) is 11.8 Å². The van der Waals surface area contributed by atoms with Crippen molar-refractivity contribution < 1.29 is 19.4 Å². The molecule has 0 aliphatic carbocycles. The van der Waals surface area contributed by atoms with Gasteiger partial charge in [-0.15, -0.1) is 0 Å². The summed E-state index contributed by atoms with van der Waals surface area (Å²) in [5, 5.41) is 8.98. The van der Waals surface area contributed by atoms with Crippen molar-refractivity contribution in [3.8, 4) is 0 Å². The minimum Gasteiger partial charge on any atom is -0.462 e. The van der Waals surface area contributed by atoms with Crippen molar-refractivity contribution in [1.29, 1.82) is 0 Å². The van der Waals surface area contributed by atoms with Crippen LogP contribution in [-0.2, 0) is 14.3 Å². The number of hydrogen-bond acceptors (Lipinski definition) is 4. The second-order valence-electron chi connectivity index (χ2n) is 5.37. The van der Waals surface area contributed by atoms with E-state index in [2.05, 4.69) is 20.8 Å². The Morgan fingerprint density at radius 1 is 1.16 bits per heavy atom. The standard InChI is InChI=1S/C7H14O2.C7H12O2.B/c2*1-3-6-5(2)4-7(8)9-6;/h5-8H,3-4H2,1-2H3;5-6H,3-4H2,1-2H3;/t5-,6-,7?;5-,6-;/m00./s1. The molecule has 5 heteroatoms. The number of hydrogen-bond donors (Lipinski definition) is 1. The number of esters is 1. The normalized spacial score (nSPS) is 37.1. The molecule has 2 heterocycles. The van der Waals surface area contributed by atoms with Gasteiger partial charge in [-0.3, -0.25) is 4.79 Å². The Bertz CT molecular complexity index is 272. The van der Waals surface area contributed by atoms with Crippen LogP contribution in [0, 0.1) is 11.8 Å². The zero-order valence-electron chi connectivity index (χ0n) is 12.5. The Kier molecular flexibility index (Phi) is 8.34. The van der Waals surface area contributed by atoms with Crippen LogP contribution in [0.15, 0.2) is 0 Å². The van der Waals surface area contributed by atoms with E-state index in [4.69, 9.17) is 14.6 Å². The summed E-state index contributed by atoms with van der Waals surface area (Å²) in [4.78, 5) is 10.6. The van der Waals surface area contributed by atoms with Crippen LogP contribution in [0.5, 0.6) is 0 Å². The van der Waals surface area contributed by atoms with Crippen molar-refractivity contribution in [1.82, 2.24) is 0 Å². The lowest BCUT2D eigenvalue weighted by Gasteiger charge is -2.09. The van der Waals surface area contributed by atoms with Crippen LogP contribution in [0.25, 0.3) is 0 Å². The molecule has 0 spiro atoms. The van der Waals surface area contributed by atoms with Gasteiger partial charge in [0.2, 0.25) is 0 Å². The Hall–Kier alpha value is -0.545. The molecule has 1 unspecified atom stereocenters. The first-order chi connectivity index (χ1) is 8.47. The third-order valence-corrected chi connectivity index (χ3v) is 3.75. The molecular formula is C14H26BO4. The molecule has 0 bridgehead atoms. The van der Waals surface area contributed by atoms with E-state index < -0.39 is 6.29 Å². The number of rotatable bonds is 2. The number of cyclic esters (lactones) is 1. The van der Waals surface area contributed by atoms with Gasteiger partial charge in [0.1, 0.15) is 6.10 Å². The molecule has 19 heavy (non-hydrogen) atoms. The van der Waals surface area contributed by atoms with Crippen molar-refractivity contribution in [3.05, 3.63) is 0 Å². The highest BCUT2D eigenvalue weighted by Crippen LogP contribution is 2.26. The van der Waals surface area contributed by atoms with Crippen LogP contribution in [0.1, 0.15) is 53.4 Å². The smallest absolute Gasteiger partial charge is 0.306 e. The zero-order chi connectivity index (χ0) is 13.7. The molecule has 2 saturated heterocycles. The Balaban J connectivity index is 0.000000324. The Labute approximate surface area is 118 Å². The summed E-state index contributed by atoms with van der Waals surface area (Å²) in [5.74, 6) is 0.932. The minimum absolute atomic E-state index is 0. The van der Waals surface area contributed by atoms with Gasteiger partial charge in [0.05, 0.1) is 12.5 Å². The average molecular weight is 269 g/mol. The van der Waals surface area contributed by atoms with Crippen molar-refractivity contribution in [2.75, 3.05) is 0 Å². The molecule has 5 atom stereocenters. The highest BCUT2D eigenvalue weighted by atomic mass is 16.6. The third-order valence-electron chi connectivity index (χ3n) is 3.75. The molecule has 0 aromatic rings. The highest BCUT2D eigenvalue weighted by Gasteiger charge is 2.29. The summed E-state index contributed by atoms with van der Waals surface area (Å²) < 4.78 is 10.2. The molecule has 0 amide bonds. The van der Waals surface area contributed by atoms with Gasteiger partial charge < -0.3 is 14.6 Å². The molecular weight excluding hydrogens is 243 g/mol. The number of carbonyl (C=O) groups excluding carboxylic acids is 1. The van der Waals surface area contributed by atoms with Crippen LogP contribution < -0.4 is 0 Å². The molecule has 0 saturated carbocycles. The number of aliphatic hydroxyl groups is 1. The van der Waals surface area contributed by atoms with Gasteiger partial charge in [0, 0.05) is 20.8 Å². The maximum atomic E-state index is 10.6. The molecule has 1 N–H and O–H groups in total. The highest BCUT2D eigenvalue weighted by molar-refractivity contribution is 5.75. The summed E-state index contributed by atoms with van der Waals surface area (Å²) in [7, 11) is 0. The minimum atomic E-state index is -0.495. The predicted molar refractivity (Wildman–Crippen MR) is 74.7 cm³/mol. The van der Waals surface area contributed by atoms with Crippen LogP contribution in [0.3, 0.4) is 0 Å². The van der Waals surface area contributed by atoms with Gasteiger partial charge in [-0.05, 0) is 18.8 Å². The van der Waals surface area contributed by atoms with Gasteiger partial charge in [-0.25, -0.2) is 0 Å². The van der Waals surface area contributed by atoms with E-state index >= 15 is 0 Å². The molecule has 0 aromatic carbocycles. The first-order valence-corrected chi connectivity index (χ1v) is 7.00. The van der Waals surface area contributed by atoms with Gasteiger partial charge in [-0.1, -0.05) is 27.7 Å². The lowest BCUT2D eigenvalue weighted by molar-refractivity contribution is -0.141. The van der Waals surface area contributed by atoms with Crippen molar-refractivity contribution >= 4 is 14.4 Å². The first-order valence-electron chi connectivity index (χ1n) is 7.00. The van der Waals surface area contributed by atoms with E-state index in [0.717, 1.165) is 19.3 Å². The van der Waals surface area contributed by atoms with E-state index in [0.29, 0.717) is 24.4 Å². The molecule has 2 fully saturated rings. The molecule has 4 nitrogen and oxygen atoms in total. The number of ether oxygens (including phenoxy) is 2. The van der Waals surface area contributed by atoms with Gasteiger partial charge in [-0.2, -0.15) is 0 Å². The molecule has 2 aliphatic heterocycles. The van der Waals surface area contributed by atoms with Crippen molar-refractivity contribution in [2.45, 2.75) is 71.9 Å². The SMILES string of the molecule is CC[C@@H]1OC(=O)C[C@@H]1C.CC[C@@H]1OC(O)C[C@@H]1C.[B]. The average Bonchev–Trinajstić information content (AvgIpc) is 2.81. The molecule has 3 radical (unpaired) electrons. The van der Waals surface area contributed by atoms with Crippen LogP contribution in [-0.4, -0.2) is 38.0 Å². The second-order valence-corrected chi connectivity index (χ2v) is 5.37. The molecule has 109 valence electrons. The van der Waals surface area contributed by atoms with Crippen LogP contribution in [0.2, 0.25) is 0 Å². The quantitative estimate of drug-likeness (QED) is 0.616. The van der Waals surface area contributed by atoms with E-state index in [1.807, 2.05) is 6.92 Å². The van der Waals surface area contributed by atoms with Crippen molar-refractivity contribution in [3.63, 3.8) is 0 Å². The molecule has 0 aromatic heterocycles. The maximum absolute atomic E-state index is 10.6. The third kappa shape index (κ3) is 5.53. The van der Waals surface area contributed by atoms with Gasteiger partial charge >= 0.3 is 5.97 Å². The number of aliphatic hydroxyl groups excluding tert-OH is 1.